The highest BCUT2D eigenvalue weighted by atomic mass is 15.1. The zero-order valence-corrected chi connectivity index (χ0v) is 32.4. The van der Waals surface area contributed by atoms with Gasteiger partial charge in [0.1, 0.15) is 0 Å². The summed E-state index contributed by atoms with van der Waals surface area (Å²) in [5, 5.41) is 5.14. The van der Waals surface area contributed by atoms with Gasteiger partial charge in [0.15, 0.2) is 0 Å². The molecule has 2 heteroatoms. The van der Waals surface area contributed by atoms with Crippen LogP contribution in [-0.2, 0) is 10.8 Å². The van der Waals surface area contributed by atoms with Crippen LogP contribution < -0.4 is 4.90 Å². The quantitative estimate of drug-likeness (QED) is 0.175. The lowest BCUT2D eigenvalue weighted by Gasteiger charge is -2.40. The molecule has 0 amide bonds. The van der Waals surface area contributed by atoms with Crippen LogP contribution in [0.1, 0.15) is 47.2 Å². The lowest BCUT2D eigenvalue weighted by Crippen LogP contribution is -2.33. The van der Waals surface area contributed by atoms with Gasteiger partial charge in [0, 0.05) is 33.2 Å². The van der Waals surface area contributed by atoms with Crippen molar-refractivity contribution < 1.29 is 0 Å². The Morgan fingerprint density at radius 2 is 1.00 bits per heavy atom. The van der Waals surface area contributed by atoms with E-state index in [-0.39, 0.29) is 5.41 Å². The van der Waals surface area contributed by atoms with Crippen molar-refractivity contribution in [1.82, 2.24) is 4.57 Å². The number of anilines is 3. The summed E-state index contributed by atoms with van der Waals surface area (Å²) in [6.45, 7) is 4.74. The van der Waals surface area contributed by atoms with Gasteiger partial charge in [0.05, 0.1) is 22.1 Å². The Balaban J connectivity index is 1.14. The second-order valence-corrected chi connectivity index (χ2v) is 16.8. The van der Waals surface area contributed by atoms with Gasteiger partial charge in [0.2, 0.25) is 0 Å². The smallest absolute Gasteiger partial charge is 0.0761 e. The minimum atomic E-state index is -0.577. The van der Waals surface area contributed by atoms with E-state index in [1.165, 1.54) is 93.9 Å². The molecule has 58 heavy (non-hydrogen) atoms. The Morgan fingerprint density at radius 3 is 1.84 bits per heavy atom. The van der Waals surface area contributed by atoms with Crippen LogP contribution in [0, 0.1) is 0 Å². The highest BCUT2D eigenvalue weighted by Crippen LogP contribution is 2.63. The topological polar surface area (TPSA) is 8.17 Å². The van der Waals surface area contributed by atoms with Gasteiger partial charge in [-0.3, -0.25) is 0 Å². The minimum absolute atomic E-state index is 0.113. The molecule has 13 rings (SSSR count). The van der Waals surface area contributed by atoms with E-state index < -0.39 is 5.41 Å². The van der Waals surface area contributed by atoms with Crippen molar-refractivity contribution in [3.63, 3.8) is 0 Å². The first kappa shape index (κ1) is 32.0. The number of para-hydroxylation sites is 4. The predicted octanol–water partition coefficient (Wildman–Crippen LogP) is 14.4. The SMILES string of the molecule is CC1(C)c2ccccc2-c2ccc(N(c3ccccc3)c3ccc4c(c3)C3(c5ccccc5-n5c6ccccc6c6cccc3c65)c3c-4ccc4ccccc34)cc21. The lowest BCUT2D eigenvalue weighted by molar-refractivity contribution is 0.660. The predicted molar refractivity (Wildman–Crippen MR) is 241 cm³/mol. The molecule has 0 radical (unpaired) electrons. The van der Waals surface area contributed by atoms with Crippen LogP contribution in [-0.4, -0.2) is 4.57 Å². The molecule has 1 unspecified atom stereocenters. The van der Waals surface area contributed by atoms with E-state index in [1.54, 1.807) is 0 Å². The van der Waals surface area contributed by atoms with Gasteiger partial charge in [-0.05, 0) is 115 Å². The van der Waals surface area contributed by atoms with Crippen LogP contribution in [0.5, 0.6) is 0 Å². The molecule has 1 aliphatic heterocycles. The number of rotatable bonds is 3. The molecule has 1 aromatic heterocycles. The second-order valence-electron chi connectivity index (χ2n) is 16.8. The van der Waals surface area contributed by atoms with Crippen LogP contribution in [0.3, 0.4) is 0 Å². The Bertz CT molecular complexity index is 3380. The van der Waals surface area contributed by atoms with Gasteiger partial charge in [-0.25, -0.2) is 0 Å². The number of fused-ring (bicyclic) bond motifs is 17. The highest BCUT2D eigenvalue weighted by molar-refractivity contribution is 6.14. The first-order chi connectivity index (χ1) is 28.5. The Morgan fingerprint density at radius 1 is 0.397 bits per heavy atom. The molecular weight excluding hydrogens is 701 g/mol. The highest BCUT2D eigenvalue weighted by Gasteiger charge is 2.52. The van der Waals surface area contributed by atoms with Crippen molar-refractivity contribution >= 4 is 49.6 Å². The standard InChI is InChI=1S/C56H38N2/c1-55(2)46-22-10-8-19-40(46)41-31-28-37(33-49(41)55)57(36-16-4-3-5-17-36)38-29-32-42-44-30-27-35-15-6-7-18-39(35)53(44)56(50(42)34-38)47-23-11-13-26-52(47)58-51-25-12-9-20-43(51)45-21-14-24-48(56)54(45)58/h3-34H,1-2H3. The van der Waals surface area contributed by atoms with E-state index in [1.807, 2.05) is 0 Å². The maximum Gasteiger partial charge on any atom is 0.0761 e. The summed E-state index contributed by atoms with van der Waals surface area (Å²) >= 11 is 0. The molecule has 2 heterocycles. The minimum Gasteiger partial charge on any atom is -0.310 e. The summed E-state index contributed by atoms with van der Waals surface area (Å²) in [6, 6.07) is 73.1. The summed E-state index contributed by atoms with van der Waals surface area (Å²) in [5.41, 5.74) is 19.9. The molecule has 10 aromatic rings. The Labute approximate surface area is 337 Å². The molecule has 3 aliphatic rings. The zero-order chi connectivity index (χ0) is 38.3. The molecule has 272 valence electrons. The van der Waals surface area contributed by atoms with Gasteiger partial charge in [-0.2, -0.15) is 0 Å². The molecule has 2 aliphatic carbocycles. The number of hydrogen-bond acceptors (Lipinski definition) is 1. The molecule has 9 aromatic carbocycles. The molecule has 0 bridgehead atoms. The summed E-state index contributed by atoms with van der Waals surface area (Å²) in [4.78, 5) is 2.47. The third-order valence-corrected chi connectivity index (χ3v) is 13.7. The van der Waals surface area contributed by atoms with Crippen molar-refractivity contribution in [3.05, 3.63) is 228 Å². The monoisotopic (exact) mass is 738 g/mol. The number of nitrogens with zero attached hydrogens (tertiary/aromatic N) is 2. The van der Waals surface area contributed by atoms with E-state index in [9.17, 15) is 0 Å². The van der Waals surface area contributed by atoms with E-state index in [2.05, 4.69) is 217 Å². The van der Waals surface area contributed by atoms with E-state index in [0.29, 0.717) is 0 Å². The average molecular weight is 739 g/mol. The van der Waals surface area contributed by atoms with Crippen molar-refractivity contribution in [1.29, 1.82) is 0 Å². The van der Waals surface area contributed by atoms with Crippen LogP contribution >= 0.6 is 0 Å². The van der Waals surface area contributed by atoms with E-state index in [4.69, 9.17) is 0 Å². The number of aromatic nitrogens is 1. The lowest BCUT2D eigenvalue weighted by atomic mass is 9.64. The van der Waals surface area contributed by atoms with Crippen molar-refractivity contribution in [3.8, 4) is 27.9 Å². The van der Waals surface area contributed by atoms with E-state index >= 15 is 0 Å². The number of benzene rings is 9. The number of hydrogen-bond donors (Lipinski definition) is 0. The third-order valence-electron chi connectivity index (χ3n) is 13.7. The van der Waals surface area contributed by atoms with Gasteiger partial charge < -0.3 is 9.47 Å². The van der Waals surface area contributed by atoms with Crippen LogP contribution in [0.15, 0.2) is 194 Å². The molecule has 0 N–H and O–H groups in total. The van der Waals surface area contributed by atoms with Gasteiger partial charge in [0.25, 0.3) is 0 Å². The fourth-order valence-electron chi connectivity index (χ4n) is 11.4. The average Bonchev–Trinajstić information content (AvgIpc) is 3.85. The maximum absolute atomic E-state index is 2.54. The fraction of sp³-hybridized carbons (Fsp3) is 0.0714. The Hall–Kier alpha value is -7.16. The molecule has 2 nitrogen and oxygen atoms in total. The molecule has 1 atom stereocenters. The van der Waals surface area contributed by atoms with Crippen molar-refractivity contribution in [2.45, 2.75) is 24.7 Å². The van der Waals surface area contributed by atoms with Gasteiger partial charge in [-0.15, -0.1) is 0 Å². The first-order valence-corrected chi connectivity index (χ1v) is 20.4. The molecule has 1 spiro atoms. The van der Waals surface area contributed by atoms with Gasteiger partial charge in [-0.1, -0.05) is 159 Å². The summed E-state index contributed by atoms with van der Waals surface area (Å²) in [5.74, 6) is 0. The van der Waals surface area contributed by atoms with Crippen molar-refractivity contribution in [2.75, 3.05) is 4.90 Å². The third kappa shape index (κ3) is 3.88. The molecule has 0 fully saturated rings. The van der Waals surface area contributed by atoms with Crippen molar-refractivity contribution in [2.24, 2.45) is 0 Å². The van der Waals surface area contributed by atoms with E-state index in [0.717, 1.165) is 17.1 Å². The van der Waals surface area contributed by atoms with Gasteiger partial charge >= 0.3 is 0 Å². The van der Waals surface area contributed by atoms with Crippen LogP contribution in [0.25, 0.3) is 60.5 Å². The molecule has 0 saturated heterocycles. The summed E-state index contributed by atoms with van der Waals surface area (Å²) in [6.07, 6.45) is 0. The van der Waals surface area contributed by atoms with Crippen LogP contribution in [0.2, 0.25) is 0 Å². The second kappa shape index (κ2) is 11.2. The Kier molecular flexibility index (Phi) is 6.20. The maximum atomic E-state index is 2.54. The molecule has 0 saturated carbocycles. The largest absolute Gasteiger partial charge is 0.310 e. The summed E-state index contributed by atoms with van der Waals surface area (Å²) < 4.78 is 2.54. The fourth-order valence-corrected chi connectivity index (χ4v) is 11.4. The molecular formula is C56H38N2. The van der Waals surface area contributed by atoms with Crippen LogP contribution in [0.4, 0.5) is 17.1 Å². The first-order valence-electron chi connectivity index (χ1n) is 20.4. The normalized spacial score (nSPS) is 16.3. The zero-order valence-electron chi connectivity index (χ0n) is 32.4. The summed E-state index contributed by atoms with van der Waals surface area (Å²) in [7, 11) is 0.